The minimum Gasteiger partial charge on any atom is -0.356 e. The third-order valence-electron chi connectivity index (χ3n) is 3.74. The average Bonchev–Trinajstić information content (AvgIpc) is 3.05. The van der Waals surface area contributed by atoms with Crippen molar-refractivity contribution in [2.24, 2.45) is 4.99 Å². The quantitative estimate of drug-likeness (QED) is 0.354. The minimum atomic E-state index is 0.914. The van der Waals surface area contributed by atoms with Crippen molar-refractivity contribution < 1.29 is 0 Å². The van der Waals surface area contributed by atoms with Gasteiger partial charge < -0.3 is 15.2 Å². The van der Waals surface area contributed by atoms with Crippen molar-refractivity contribution in [3.63, 3.8) is 0 Å². The Labute approximate surface area is 135 Å². The van der Waals surface area contributed by atoms with Crippen LogP contribution < -0.4 is 10.6 Å². The molecule has 0 aliphatic heterocycles. The van der Waals surface area contributed by atoms with E-state index >= 15 is 0 Å². The van der Waals surface area contributed by atoms with Gasteiger partial charge in [-0.1, -0.05) is 45.4 Å². The number of guanidine groups is 1. The van der Waals surface area contributed by atoms with Gasteiger partial charge in [-0.2, -0.15) is 0 Å². The van der Waals surface area contributed by atoms with Gasteiger partial charge in [0.1, 0.15) is 0 Å². The summed E-state index contributed by atoms with van der Waals surface area (Å²) in [6.45, 7) is 5.18. The lowest BCUT2D eigenvalue weighted by Gasteiger charge is -2.12. The fourth-order valence-electron chi connectivity index (χ4n) is 2.40. The van der Waals surface area contributed by atoms with Gasteiger partial charge in [-0.15, -0.1) is 0 Å². The number of aliphatic imine (C=N–C) groups is 1. The molecule has 2 N–H and O–H groups in total. The fourth-order valence-corrected chi connectivity index (χ4v) is 2.40. The Kier molecular flexibility index (Phi) is 11.1. The van der Waals surface area contributed by atoms with Crippen LogP contribution in [0.5, 0.6) is 0 Å². The highest BCUT2D eigenvalue weighted by Gasteiger charge is 1.97. The highest BCUT2D eigenvalue weighted by Crippen LogP contribution is 2.06. The second kappa shape index (κ2) is 13.2. The van der Waals surface area contributed by atoms with Crippen molar-refractivity contribution in [2.45, 2.75) is 64.8 Å². The Hall–Kier alpha value is -1.52. The maximum Gasteiger partial charge on any atom is 0.190 e. The molecule has 1 heterocycles. The molecule has 0 atom stereocenters. The van der Waals surface area contributed by atoms with E-state index in [2.05, 4.69) is 32.1 Å². The van der Waals surface area contributed by atoms with Crippen LogP contribution in [0.15, 0.2) is 23.7 Å². The number of hydrogen-bond donors (Lipinski definition) is 2. The van der Waals surface area contributed by atoms with Gasteiger partial charge >= 0.3 is 0 Å². The summed E-state index contributed by atoms with van der Waals surface area (Å²) < 4.78 is 2.09. The zero-order valence-corrected chi connectivity index (χ0v) is 14.4. The van der Waals surface area contributed by atoms with Crippen molar-refractivity contribution >= 4 is 5.96 Å². The topological polar surface area (TPSA) is 54.2 Å². The van der Waals surface area contributed by atoms with E-state index in [0.29, 0.717) is 0 Å². The van der Waals surface area contributed by atoms with E-state index < -0.39 is 0 Å². The molecule has 0 unspecified atom stereocenters. The van der Waals surface area contributed by atoms with Crippen LogP contribution in [0.1, 0.15) is 58.3 Å². The summed E-state index contributed by atoms with van der Waals surface area (Å²) in [4.78, 5) is 8.30. The van der Waals surface area contributed by atoms with Gasteiger partial charge in [0.2, 0.25) is 0 Å². The maximum absolute atomic E-state index is 4.26. The number of unbranched alkanes of at least 4 members (excludes halogenated alkanes) is 6. The van der Waals surface area contributed by atoms with Crippen molar-refractivity contribution in [2.75, 3.05) is 20.1 Å². The predicted molar refractivity (Wildman–Crippen MR) is 94.2 cm³/mol. The molecule has 5 heteroatoms. The standard InChI is InChI=1S/C17H33N5/c1-3-4-5-6-7-8-9-11-20-17(18-2)21-12-10-14-22-15-13-19-16-22/h13,15-16H,3-12,14H2,1-2H3,(H2,18,20,21). The van der Waals surface area contributed by atoms with Gasteiger partial charge in [-0.3, -0.25) is 4.99 Å². The summed E-state index contributed by atoms with van der Waals surface area (Å²) in [5.41, 5.74) is 0. The first-order valence-corrected chi connectivity index (χ1v) is 8.77. The number of hydrogen-bond acceptors (Lipinski definition) is 2. The van der Waals surface area contributed by atoms with Crippen LogP contribution in [0.2, 0.25) is 0 Å². The van der Waals surface area contributed by atoms with Crippen LogP contribution in [0.4, 0.5) is 0 Å². The van der Waals surface area contributed by atoms with Crippen LogP contribution in [-0.2, 0) is 6.54 Å². The number of rotatable bonds is 12. The second-order valence-corrected chi connectivity index (χ2v) is 5.70. The summed E-state index contributed by atoms with van der Waals surface area (Å²) >= 11 is 0. The fraction of sp³-hybridized carbons (Fsp3) is 0.765. The van der Waals surface area contributed by atoms with Crippen LogP contribution in [0.25, 0.3) is 0 Å². The molecular weight excluding hydrogens is 274 g/mol. The molecule has 0 amide bonds. The summed E-state index contributed by atoms with van der Waals surface area (Å²) in [6.07, 6.45) is 16.1. The Morgan fingerprint density at radius 2 is 1.68 bits per heavy atom. The molecule has 1 aromatic heterocycles. The first-order valence-electron chi connectivity index (χ1n) is 8.77. The molecule has 1 aromatic rings. The number of nitrogens with zero attached hydrogens (tertiary/aromatic N) is 3. The summed E-state index contributed by atoms with van der Waals surface area (Å²) in [5, 5.41) is 6.74. The van der Waals surface area contributed by atoms with Crippen LogP contribution >= 0.6 is 0 Å². The van der Waals surface area contributed by atoms with Gasteiger partial charge in [0.25, 0.3) is 0 Å². The number of aryl methyl sites for hydroxylation is 1. The van der Waals surface area contributed by atoms with E-state index in [-0.39, 0.29) is 0 Å². The van der Waals surface area contributed by atoms with Crippen LogP contribution in [-0.4, -0.2) is 35.6 Å². The normalized spacial score (nSPS) is 11.6. The molecule has 0 spiro atoms. The summed E-state index contributed by atoms with van der Waals surface area (Å²) in [7, 11) is 1.83. The molecule has 126 valence electrons. The van der Waals surface area contributed by atoms with Crippen molar-refractivity contribution in [1.29, 1.82) is 0 Å². The van der Waals surface area contributed by atoms with E-state index in [1.807, 2.05) is 25.8 Å². The van der Waals surface area contributed by atoms with Crippen LogP contribution in [0, 0.1) is 0 Å². The zero-order chi connectivity index (χ0) is 15.9. The molecule has 0 fully saturated rings. The first kappa shape index (κ1) is 18.5. The molecule has 0 radical (unpaired) electrons. The third kappa shape index (κ3) is 9.42. The SMILES string of the molecule is CCCCCCCCCNC(=NC)NCCCn1ccnc1. The van der Waals surface area contributed by atoms with Gasteiger partial charge in [-0.25, -0.2) is 4.98 Å². The monoisotopic (exact) mass is 307 g/mol. The van der Waals surface area contributed by atoms with Gasteiger partial charge in [-0.05, 0) is 12.8 Å². The van der Waals surface area contributed by atoms with Crippen molar-refractivity contribution in [3.8, 4) is 0 Å². The zero-order valence-electron chi connectivity index (χ0n) is 14.4. The number of nitrogens with one attached hydrogen (secondary N) is 2. The van der Waals surface area contributed by atoms with E-state index in [4.69, 9.17) is 0 Å². The highest BCUT2D eigenvalue weighted by molar-refractivity contribution is 5.79. The van der Waals surface area contributed by atoms with Crippen molar-refractivity contribution in [1.82, 2.24) is 20.2 Å². The Morgan fingerprint density at radius 1 is 1.00 bits per heavy atom. The average molecular weight is 307 g/mol. The van der Waals surface area contributed by atoms with Gasteiger partial charge in [0.05, 0.1) is 6.33 Å². The Bertz CT molecular complexity index is 372. The number of aromatic nitrogens is 2. The molecule has 0 aromatic carbocycles. The molecule has 0 saturated heterocycles. The molecular formula is C17H33N5. The Balaban J connectivity index is 1.93. The van der Waals surface area contributed by atoms with Crippen molar-refractivity contribution in [3.05, 3.63) is 18.7 Å². The predicted octanol–water partition coefficient (Wildman–Crippen LogP) is 3.19. The molecule has 0 bridgehead atoms. The maximum atomic E-state index is 4.26. The molecule has 0 saturated carbocycles. The number of imidazole rings is 1. The lowest BCUT2D eigenvalue weighted by molar-refractivity contribution is 0.581. The summed E-state index contributed by atoms with van der Waals surface area (Å²) in [6, 6.07) is 0. The molecule has 22 heavy (non-hydrogen) atoms. The van der Waals surface area contributed by atoms with E-state index in [0.717, 1.165) is 32.0 Å². The van der Waals surface area contributed by atoms with E-state index in [1.165, 1.54) is 44.9 Å². The molecule has 5 nitrogen and oxygen atoms in total. The summed E-state index contributed by atoms with van der Waals surface area (Å²) in [5.74, 6) is 0.914. The lowest BCUT2D eigenvalue weighted by Crippen LogP contribution is -2.38. The van der Waals surface area contributed by atoms with E-state index in [9.17, 15) is 0 Å². The highest BCUT2D eigenvalue weighted by atomic mass is 15.2. The van der Waals surface area contributed by atoms with Crippen LogP contribution in [0.3, 0.4) is 0 Å². The third-order valence-corrected chi connectivity index (χ3v) is 3.74. The first-order chi connectivity index (χ1) is 10.9. The molecule has 0 aliphatic carbocycles. The van der Waals surface area contributed by atoms with Gasteiger partial charge in [0.15, 0.2) is 5.96 Å². The smallest absolute Gasteiger partial charge is 0.190 e. The minimum absolute atomic E-state index is 0.914. The van der Waals surface area contributed by atoms with Gasteiger partial charge in [0, 0.05) is 39.1 Å². The second-order valence-electron chi connectivity index (χ2n) is 5.70. The largest absolute Gasteiger partial charge is 0.356 e. The molecule has 1 rings (SSSR count). The van der Waals surface area contributed by atoms with E-state index in [1.54, 1.807) is 0 Å². The molecule has 0 aliphatic rings. The Morgan fingerprint density at radius 3 is 2.32 bits per heavy atom. The lowest BCUT2D eigenvalue weighted by atomic mass is 10.1.